The Balaban J connectivity index is 3.54. The third kappa shape index (κ3) is 7.05. The third-order valence-electron chi connectivity index (χ3n) is 5.08. The minimum Gasteiger partial charge on any atom is -0.394 e. The smallest absolute Gasteiger partial charge is 0.241 e. The SMILES string of the molecule is C=C(C[Si](C)(C)C)C(CO)NS(=O)(=O)c1c(C(C)C)cc(C(C)C)cc1C(C)C. The third-order valence-corrected chi connectivity index (χ3v) is 8.20. The molecule has 0 aliphatic rings. The number of aliphatic hydroxyl groups excluding tert-OH is 1. The molecule has 0 aliphatic carbocycles. The molecule has 1 aromatic rings. The molecule has 166 valence electrons. The summed E-state index contributed by atoms with van der Waals surface area (Å²) >= 11 is 0. The minimum atomic E-state index is -3.82. The zero-order valence-electron chi connectivity index (χ0n) is 19.8. The molecule has 0 fully saturated rings. The van der Waals surface area contributed by atoms with Gasteiger partial charge in [-0.05, 0) is 40.5 Å². The molecular weight excluding hydrogens is 398 g/mol. The molecule has 0 radical (unpaired) electrons. The highest BCUT2D eigenvalue weighted by molar-refractivity contribution is 7.89. The fourth-order valence-electron chi connectivity index (χ4n) is 3.50. The standard InChI is InChI=1S/C23H41NO3SSi/c1-15(2)19-11-20(16(3)4)23(21(12-19)17(5)6)28(26,27)24-22(13-25)18(7)14-29(8,9)10/h11-12,15-17,22,24-25H,7,13-14H2,1-6,8-10H3. The van der Waals surface area contributed by atoms with Gasteiger partial charge in [0.05, 0.1) is 17.5 Å². The number of hydrogen-bond acceptors (Lipinski definition) is 3. The highest BCUT2D eigenvalue weighted by Crippen LogP contribution is 2.35. The maximum absolute atomic E-state index is 13.6. The lowest BCUT2D eigenvalue weighted by Crippen LogP contribution is -2.41. The second kappa shape index (κ2) is 9.90. The molecule has 29 heavy (non-hydrogen) atoms. The van der Waals surface area contributed by atoms with Gasteiger partial charge in [-0.15, -0.1) is 0 Å². The number of aliphatic hydroxyl groups is 1. The second-order valence-corrected chi connectivity index (χ2v) is 17.4. The van der Waals surface area contributed by atoms with E-state index in [0.717, 1.165) is 28.3 Å². The predicted octanol–water partition coefficient (Wildman–Crippen LogP) is 5.59. The van der Waals surface area contributed by atoms with Crippen LogP contribution >= 0.6 is 0 Å². The largest absolute Gasteiger partial charge is 0.394 e. The van der Waals surface area contributed by atoms with Crippen LogP contribution in [0.15, 0.2) is 29.2 Å². The summed E-state index contributed by atoms with van der Waals surface area (Å²) < 4.78 is 29.9. The van der Waals surface area contributed by atoms with Gasteiger partial charge in [0.15, 0.2) is 0 Å². The maximum Gasteiger partial charge on any atom is 0.241 e. The molecule has 0 spiro atoms. The molecule has 0 aliphatic heterocycles. The summed E-state index contributed by atoms with van der Waals surface area (Å²) in [4.78, 5) is 0.367. The molecule has 0 saturated heterocycles. The van der Waals surface area contributed by atoms with Gasteiger partial charge in [0.1, 0.15) is 0 Å². The van der Waals surface area contributed by atoms with Crippen molar-refractivity contribution in [3.05, 3.63) is 41.0 Å². The fourth-order valence-corrected chi connectivity index (χ4v) is 7.05. The van der Waals surface area contributed by atoms with Crippen LogP contribution in [0.2, 0.25) is 25.7 Å². The normalized spacial score (nSPS) is 14.1. The van der Waals surface area contributed by atoms with Crippen LogP contribution in [0.4, 0.5) is 0 Å². The van der Waals surface area contributed by atoms with Crippen LogP contribution in [0.25, 0.3) is 0 Å². The van der Waals surface area contributed by atoms with E-state index >= 15 is 0 Å². The molecule has 0 heterocycles. The molecular formula is C23H41NO3SSi. The van der Waals surface area contributed by atoms with E-state index in [4.69, 9.17) is 0 Å². The number of rotatable bonds is 10. The number of hydrogen-bond donors (Lipinski definition) is 2. The Kier molecular flexibility index (Phi) is 8.91. The van der Waals surface area contributed by atoms with Gasteiger partial charge in [0.25, 0.3) is 0 Å². The van der Waals surface area contributed by atoms with Crippen LogP contribution in [0, 0.1) is 0 Å². The number of sulfonamides is 1. The van der Waals surface area contributed by atoms with E-state index in [1.807, 2.05) is 39.8 Å². The summed E-state index contributed by atoms with van der Waals surface area (Å²) in [6, 6.07) is 4.15. The summed E-state index contributed by atoms with van der Waals surface area (Å²) in [5.41, 5.74) is 3.57. The molecule has 6 heteroatoms. The minimum absolute atomic E-state index is 0.0653. The topological polar surface area (TPSA) is 66.4 Å². The summed E-state index contributed by atoms with van der Waals surface area (Å²) in [7, 11) is -5.30. The summed E-state index contributed by atoms with van der Waals surface area (Å²) in [5.74, 6) is 0.447. The van der Waals surface area contributed by atoms with Gasteiger partial charge in [0.2, 0.25) is 10.0 Å². The molecule has 4 nitrogen and oxygen atoms in total. The van der Waals surface area contributed by atoms with Gasteiger partial charge in [-0.1, -0.05) is 85.5 Å². The Hall–Kier alpha value is -0.953. The predicted molar refractivity (Wildman–Crippen MR) is 127 cm³/mol. The van der Waals surface area contributed by atoms with E-state index in [9.17, 15) is 13.5 Å². The van der Waals surface area contributed by atoms with Crippen molar-refractivity contribution in [3.63, 3.8) is 0 Å². The Morgan fingerprint density at radius 3 is 1.76 bits per heavy atom. The molecule has 0 saturated carbocycles. The van der Waals surface area contributed by atoms with Crippen LogP contribution in [-0.4, -0.2) is 34.2 Å². The molecule has 1 aromatic carbocycles. The van der Waals surface area contributed by atoms with Crippen LogP contribution in [0.5, 0.6) is 0 Å². The van der Waals surface area contributed by atoms with Crippen molar-refractivity contribution in [3.8, 4) is 0 Å². The lowest BCUT2D eigenvalue weighted by atomic mass is 9.89. The van der Waals surface area contributed by atoms with Crippen molar-refractivity contribution >= 4 is 18.1 Å². The lowest BCUT2D eigenvalue weighted by Gasteiger charge is -2.27. The Morgan fingerprint density at radius 2 is 1.45 bits per heavy atom. The van der Waals surface area contributed by atoms with Crippen molar-refractivity contribution in [2.75, 3.05) is 6.61 Å². The van der Waals surface area contributed by atoms with Crippen LogP contribution in [0.3, 0.4) is 0 Å². The van der Waals surface area contributed by atoms with Crippen molar-refractivity contribution in [2.45, 2.75) is 95.9 Å². The van der Waals surface area contributed by atoms with Gasteiger partial charge in [-0.3, -0.25) is 0 Å². The maximum atomic E-state index is 13.6. The first-order valence-electron chi connectivity index (χ1n) is 10.6. The van der Waals surface area contributed by atoms with Crippen LogP contribution in [-0.2, 0) is 10.0 Å². The van der Waals surface area contributed by atoms with Crippen molar-refractivity contribution < 1.29 is 13.5 Å². The lowest BCUT2D eigenvalue weighted by molar-refractivity contribution is 0.271. The summed E-state index contributed by atoms with van der Waals surface area (Å²) in [6.07, 6.45) is 0. The van der Waals surface area contributed by atoms with Crippen molar-refractivity contribution in [1.29, 1.82) is 0 Å². The Labute approximate surface area is 179 Å². The molecule has 0 aromatic heterocycles. The summed E-state index contributed by atoms with van der Waals surface area (Å²) in [6.45, 7) is 22.8. The van der Waals surface area contributed by atoms with E-state index in [0.29, 0.717) is 10.8 Å². The first-order chi connectivity index (χ1) is 13.1. The Morgan fingerprint density at radius 1 is 1.00 bits per heavy atom. The molecule has 0 amide bonds. The average molecular weight is 440 g/mol. The van der Waals surface area contributed by atoms with E-state index in [1.165, 1.54) is 0 Å². The molecule has 1 unspecified atom stereocenters. The van der Waals surface area contributed by atoms with Crippen molar-refractivity contribution in [1.82, 2.24) is 4.72 Å². The van der Waals surface area contributed by atoms with Gasteiger partial charge >= 0.3 is 0 Å². The van der Waals surface area contributed by atoms with Gasteiger partial charge in [-0.25, -0.2) is 13.1 Å². The first-order valence-corrected chi connectivity index (χ1v) is 15.8. The second-order valence-electron chi connectivity index (χ2n) is 10.2. The zero-order chi connectivity index (χ0) is 22.7. The zero-order valence-corrected chi connectivity index (χ0v) is 21.6. The molecule has 1 rings (SSSR count). The highest BCUT2D eigenvalue weighted by Gasteiger charge is 2.30. The van der Waals surface area contributed by atoms with Crippen LogP contribution in [0.1, 0.15) is 76.0 Å². The highest BCUT2D eigenvalue weighted by atomic mass is 32.2. The quantitative estimate of drug-likeness (QED) is 0.369. The van der Waals surface area contributed by atoms with Gasteiger partial charge < -0.3 is 5.11 Å². The Bertz CT molecular complexity index is 792. The van der Waals surface area contributed by atoms with Crippen LogP contribution < -0.4 is 4.72 Å². The van der Waals surface area contributed by atoms with Gasteiger partial charge in [0, 0.05) is 8.07 Å². The fraction of sp³-hybridized carbons (Fsp3) is 0.652. The molecule has 2 N–H and O–H groups in total. The number of nitrogens with one attached hydrogen (secondary N) is 1. The van der Waals surface area contributed by atoms with E-state index in [1.54, 1.807) is 0 Å². The van der Waals surface area contributed by atoms with Gasteiger partial charge in [-0.2, -0.15) is 0 Å². The monoisotopic (exact) mass is 439 g/mol. The summed E-state index contributed by atoms with van der Waals surface area (Å²) in [5, 5.41) is 9.91. The number of benzene rings is 1. The van der Waals surface area contributed by atoms with Crippen molar-refractivity contribution in [2.24, 2.45) is 0 Å². The van der Waals surface area contributed by atoms with E-state index < -0.39 is 24.1 Å². The molecule has 1 atom stereocenters. The van der Waals surface area contributed by atoms with E-state index in [-0.39, 0.29) is 18.4 Å². The first kappa shape index (κ1) is 26.1. The van der Waals surface area contributed by atoms with E-state index in [2.05, 4.69) is 44.8 Å². The average Bonchev–Trinajstić information content (AvgIpc) is 2.56. The molecule has 0 bridgehead atoms.